The summed E-state index contributed by atoms with van der Waals surface area (Å²) in [5.74, 6) is 0.599. The minimum absolute atomic E-state index is 0.0928. The molecule has 2 bridgehead atoms. The Hall–Kier alpha value is -0.420. The number of fused-ring (bicyclic) bond motifs is 3. The van der Waals surface area contributed by atoms with Crippen LogP contribution in [0.5, 0.6) is 0 Å². The summed E-state index contributed by atoms with van der Waals surface area (Å²) in [5.41, 5.74) is 2.01. The Morgan fingerprint density at radius 1 is 1.12 bits per heavy atom. The van der Waals surface area contributed by atoms with E-state index in [0.717, 1.165) is 12.8 Å². The number of methoxy groups -OCH3 is 1. The van der Waals surface area contributed by atoms with E-state index in [0.29, 0.717) is 30.5 Å². The van der Waals surface area contributed by atoms with Crippen LogP contribution in [0.15, 0.2) is 11.6 Å². The van der Waals surface area contributed by atoms with Crippen molar-refractivity contribution >= 4 is 0 Å². The van der Waals surface area contributed by atoms with Gasteiger partial charge < -0.3 is 18.9 Å². The molecule has 3 aliphatic heterocycles. The number of hydrogen-bond acceptors (Lipinski definition) is 4. The zero-order valence-electron chi connectivity index (χ0n) is 16.5. The van der Waals surface area contributed by atoms with E-state index in [1.807, 2.05) is 7.11 Å². The SMILES string of the molecule is CO[C@H]1CC[C@@]2(C)C(=CC[C@@H]3[C@@H]2CC[C@]2(C)[C@@H]4[C@H]5CO[C@]4(C)O[C@@]32O5)C1. The molecule has 3 aliphatic carbocycles. The Morgan fingerprint density at radius 2 is 1.96 bits per heavy atom. The summed E-state index contributed by atoms with van der Waals surface area (Å²) in [6.45, 7) is 7.80. The molecule has 0 unspecified atom stereocenters. The van der Waals surface area contributed by atoms with Gasteiger partial charge in [0.05, 0.1) is 24.7 Å². The fraction of sp³-hybridized carbons (Fsp3) is 0.909. The van der Waals surface area contributed by atoms with E-state index in [2.05, 4.69) is 26.8 Å². The van der Waals surface area contributed by atoms with Crippen LogP contribution in [0.4, 0.5) is 0 Å². The molecular weight excluding hydrogens is 328 g/mol. The lowest BCUT2D eigenvalue weighted by molar-refractivity contribution is -0.358. The first-order valence-corrected chi connectivity index (χ1v) is 10.6. The molecule has 0 N–H and O–H groups in total. The average molecular weight is 360 g/mol. The molecule has 2 saturated carbocycles. The minimum Gasteiger partial charge on any atom is -0.381 e. The molecule has 6 rings (SSSR count). The Labute approximate surface area is 156 Å². The first-order valence-electron chi connectivity index (χ1n) is 10.6. The van der Waals surface area contributed by atoms with Gasteiger partial charge in [-0.05, 0) is 56.8 Å². The van der Waals surface area contributed by atoms with Crippen molar-refractivity contribution in [1.29, 1.82) is 0 Å². The maximum Gasteiger partial charge on any atom is 0.181 e. The van der Waals surface area contributed by atoms with Gasteiger partial charge in [-0.3, -0.25) is 0 Å². The van der Waals surface area contributed by atoms with Crippen LogP contribution < -0.4 is 0 Å². The van der Waals surface area contributed by atoms with Gasteiger partial charge in [-0.25, -0.2) is 0 Å². The van der Waals surface area contributed by atoms with Crippen LogP contribution in [0.25, 0.3) is 0 Å². The monoisotopic (exact) mass is 360 g/mol. The van der Waals surface area contributed by atoms with Crippen LogP contribution in [0.3, 0.4) is 0 Å². The number of hydrogen-bond donors (Lipinski definition) is 0. The van der Waals surface area contributed by atoms with E-state index >= 15 is 0 Å². The van der Waals surface area contributed by atoms with E-state index in [1.54, 1.807) is 5.57 Å². The van der Waals surface area contributed by atoms with E-state index in [9.17, 15) is 0 Å². The number of allylic oxidation sites excluding steroid dienone is 1. The summed E-state index contributed by atoms with van der Waals surface area (Å²) in [6.07, 6.45) is 10.2. The standard InChI is InChI=1S/C22H32O4/c1-19-9-7-14(23-4)11-13(19)5-6-16-15(19)8-10-20(2)18-17-12-24-21(18,3)26-22(16,20)25-17/h5,14-18H,6-12H2,1-4H3/t14-,15-,16+,17+,18-,19-,20+,21+,22-/m0/s1. The van der Waals surface area contributed by atoms with Crippen molar-refractivity contribution in [2.75, 3.05) is 13.7 Å². The molecule has 5 fully saturated rings. The molecule has 26 heavy (non-hydrogen) atoms. The highest BCUT2D eigenvalue weighted by atomic mass is 16.8. The lowest BCUT2D eigenvalue weighted by Gasteiger charge is -2.59. The lowest BCUT2D eigenvalue weighted by Crippen LogP contribution is -2.60. The van der Waals surface area contributed by atoms with Crippen molar-refractivity contribution in [3.63, 3.8) is 0 Å². The Bertz CT molecular complexity index is 690. The topological polar surface area (TPSA) is 36.9 Å². The Kier molecular flexibility index (Phi) is 3.03. The molecule has 6 aliphatic rings. The third-order valence-electron chi connectivity index (χ3n) is 9.52. The zero-order chi connectivity index (χ0) is 17.9. The van der Waals surface area contributed by atoms with Crippen LogP contribution in [-0.4, -0.2) is 37.5 Å². The summed E-state index contributed by atoms with van der Waals surface area (Å²) in [5, 5.41) is 0. The molecule has 0 aromatic rings. The molecule has 0 aromatic carbocycles. The van der Waals surface area contributed by atoms with Crippen molar-refractivity contribution < 1.29 is 18.9 Å². The molecule has 4 nitrogen and oxygen atoms in total. The summed E-state index contributed by atoms with van der Waals surface area (Å²) >= 11 is 0. The highest BCUT2D eigenvalue weighted by molar-refractivity contribution is 5.29. The van der Waals surface area contributed by atoms with Crippen LogP contribution in [-0.2, 0) is 18.9 Å². The molecule has 4 heteroatoms. The normalized spacial score (nSPS) is 62.5. The number of ether oxygens (including phenoxy) is 4. The first-order chi connectivity index (χ1) is 12.4. The van der Waals surface area contributed by atoms with Gasteiger partial charge in [-0.15, -0.1) is 0 Å². The summed E-state index contributed by atoms with van der Waals surface area (Å²) < 4.78 is 25.3. The quantitative estimate of drug-likeness (QED) is 0.661. The van der Waals surface area contributed by atoms with Crippen molar-refractivity contribution in [3.05, 3.63) is 11.6 Å². The van der Waals surface area contributed by atoms with Crippen LogP contribution in [0.1, 0.15) is 59.3 Å². The summed E-state index contributed by atoms with van der Waals surface area (Å²) in [6, 6.07) is 0. The van der Waals surface area contributed by atoms with Crippen molar-refractivity contribution in [3.8, 4) is 0 Å². The van der Waals surface area contributed by atoms with Crippen LogP contribution in [0, 0.1) is 28.6 Å². The molecule has 0 amide bonds. The Morgan fingerprint density at radius 3 is 2.73 bits per heavy atom. The van der Waals surface area contributed by atoms with Gasteiger partial charge in [0.15, 0.2) is 11.6 Å². The van der Waals surface area contributed by atoms with Crippen molar-refractivity contribution in [1.82, 2.24) is 0 Å². The fourth-order valence-corrected chi connectivity index (χ4v) is 8.31. The Balaban J connectivity index is 1.43. The third-order valence-corrected chi connectivity index (χ3v) is 9.52. The molecule has 0 spiro atoms. The first kappa shape index (κ1) is 16.5. The predicted octanol–water partition coefficient (Wildman–Crippen LogP) is 4.04. The summed E-state index contributed by atoms with van der Waals surface area (Å²) in [7, 11) is 1.86. The van der Waals surface area contributed by atoms with E-state index in [4.69, 9.17) is 18.9 Å². The highest BCUT2D eigenvalue weighted by Gasteiger charge is 2.83. The fourth-order valence-electron chi connectivity index (χ4n) is 8.31. The molecule has 0 radical (unpaired) electrons. The average Bonchev–Trinajstić information content (AvgIpc) is 3.09. The molecule has 3 saturated heterocycles. The molecule has 144 valence electrons. The van der Waals surface area contributed by atoms with Crippen LogP contribution >= 0.6 is 0 Å². The van der Waals surface area contributed by atoms with Crippen molar-refractivity contribution in [2.24, 2.45) is 28.6 Å². The highest BCUT2D eigenvalue weighted by Crippen LogP contribution is 2.75. The van der Waals surface area contributed by atoms with Gasteiger partial charge in [0.25, 0.3) is 0 Å². The van der Waals surface area contributed by atoms with E-state index in [1.165, 1.54) is 25.7 Å². The maximum absolute atomic E-state index is 6.77. The van der Waals surface area contributed by atoms with Crippen molar-refractivity contribution in [2.45, 2.75) is 83.1 Å². The second-order valence-corrected chi connectivity index (χ2v) is 10.4. The smallest absolute Gasteiger partial charge is 0.181 e. The van der Waals surface area contributed by atoms with E-state index in [-0.39, 0.29) is 16.9 Å². The number of rotatable bonds is 1. The molecular formula is C22H32O4. The lowest BCUT2D eigenvalue weighted by atomic mass is 9.48. The second-order valence-electron chi connectivity index (χ2n) is 10.4. The molecule has 9 atom stereocenters. The maximum atomic E-state index is 6.77. The van der Waals surface area contributed by atoms with Gasteiger partial charge in [0, 0.05) is 18.4 Å². The van der Waals surface area contributed by atoms with Gasteiger partial charge in [0.2, 0.25) is 0 Å². The predicted molar refractivity (Wildman–Crippen MR) is 96.3 cm³/mol. The summed E-state index contributed by atoms with van der Waals surface area (Å²) in [4.78, 5) is 0. The zero-order valence-corrected chi connectivity index (χ0v) is 16.5. The van der Waals surface area contributed by atoms with Gasteiger partial charge in [0.1, 0.15) is 0 Å². The van der Waals surface area contributed by atoms with Crippen LogP contribution in [0.2, 0.25) is 0 Å². The van der Waals surface area contributed by atoms with Gasteiger partial charge in [-0.1, -0.05) is 25.5 Å². The molecule has 3 heterocycles. The third kappa shape index (κ3) is 1.60. The second kappa shape index (κ2) is 4.76. The molecule has 0 aromatic heterocycles. The van der Waals surface area contributed by atoms with Gasteiger partial charge in [-0.2, -0.15) is 0 Å². The van der Waals surface area contributed by atoms with Gasteiger partial charge >= 0.3 is 0 Å². The van der Waals surface area contributed by atoms with E-state index < -0.39 is 11.6 Å². The minimum atomic E-state index is -0.445. The largest absolute Gasteiger partial charge is 0.381 e.